The van der Waals surface area contributed by atoms with Gasteiger partial charge in [0.1, 0.15) is 47.0 Å². The molecule has 0 saturated heterocycles. The number of rotatable bonds is 10. The Kier molecular flexibility index (Phi) is 11.4. The smallest absolute Gasteiger partial charge is 0.292 e. The molecular weight excluding hydrogens is 792 g/mol. The molecule has 306 valence electrons. The number of carbonyl (C=O) groups is 2. The lowest BCUT2D eigenvalue weighted by Crippen LogP contribution is -2.35. The molecule has 58 heavy (non-hydrogen) atoms. The van der Waals surface area contributed by atoms with Crippen molar-refractivity contribution in [3.63, 3.8) is 0 Å². The molecule has 1 aliphatic carbocycles. The van der Waals surface area contributed by atoms with Crippen LogP contribution in [-0.2, 0) is 35.5 Å². The zero-order chi connectivity index (χ0) is 42.6. The second-order valence-electron chi connectivity index (χ2n) is 14.8. The second kappa shape index (κ2) is 15.7. The maximum Gasteiger partial charge on any atom is 0.292 e. The van der Waals surface area contributed by atoms with Crippen LogP contribution in [0, 0.1) is 29.4 Å². The van der Waals surface area contributed by atoms with Gasteiger partial charge in [-0.15, -0.1) is 0 Å². The molecule has 0 unspecified atom stereocenters. The van der Waals surface area contributed by atoms with Crippen molar-refractivity contribution >= 4 is 40.1 Å². The molecule has 18 heteroatoms. The van der Waals surface area contributed by atoms with Crippen molar-refractivity contribution in [2.24, 2.45) is 13.0 Å². The van der Waals surface area contributed by atoms with E-state index in [1.807, 2.05) is 0 Å². The summed E-state index contributed by atoms with van der Waals surface area (Å²) in [5.41, 5.74) is -2.31. The van der Waals surface area contributed by atoms with Crippen LogP contribution in [0.25, 0.3) is 22.0 Å². The highest BCUT2D eigenvalue weighted by atomic mass is 35.5. The standard InChI is InChI=1S/C40H38ClF6N7O4/c1-18-19(2)40(46,47)35-30(18)33(36(44)45)51-54(35)17-29(56)49-28(15-21-13-22(42)16-23(43)14-21)32-25(8-7-24(48-32)11-12-39(4,5)58)26-9-10-27(41)31-34(26)53(6)52-37(31)50-38(57)20(3)55/h7-10,13-14,16,18-20,28,36,55,58H,15,17H2,1-6H3,(H,49,56)(H,50,52,57)/t18-,19+,20-,28-/m0/s1. The average molecular weight is 830 g/mol. The van der Waals surface area contributed by atoms with Crippen LogP contribution in [0.1, 0.15) is 86.9 Å². The van der Waals surface area contributed by atoms with Gasteiger partial charge in [-0.1, -0.05) is 37.4 Å². The highest BCUT2D eigenvalue weighted by Gasteiger charge is 2.55. The quantitative estimate of drug-likeness (QED) is 0.0869. The molecular formula is C40H38ClF6N7O4. The average Bonchev–Trinajstić information content (AvgIpc) is 3.72. The number of amides is 2. The van der Waals surface area contributed by atoms with Crippen LogP contribution in [0.2, 0.25) is 5.02 Å². The third-order valence-corrected chi connectivity index (χ3v) is 10.2. The van der Waals surface area contributed by atoms with Gasteiger partial charge in [-0.05, 0) is 74.9 Å². The lowest BCUT2D eigenvalue weighted by molar-refractivity contribution is -0.123. The second-order valence-corrected chi connectivity index (χ2v) is 15.2. The first kappa shape index (κ1) is 42.2. The number of aliphatic hydroxyl groups excluding tert-OH is 1. The summed E-state index contributed by atoms with van der Waals surface area (Å²) >= 11 is 6.63. The van der Waals surface area contributed by atoms with E-state index < -0.39 is 83.3 Å². The van der Waals surface area contributed by atoms with Crippen LogP contribution in [-0.4, -0.2) is 58.3 Å². The Morgan fingerprint density at radius 2 is 1.69 bits per heavy atom. The molecule has 6 rings (SSSR count). The van der Waals surface area contributed by atoms with Gasteiger partial charge in [-0.3, -0.25) is 19.0 Å². The summed E-state index contributed by atoms with van der Waals surface area (Å²) in [6.07, 6.45) is -4.95. The molecule has 4 atom stereocenters. The Morgan fingerprint density at radius 1 is 1.03 bits per heavy atom. The predicted molar refractivity (Wildman–Crippen MR) is 202 cm³/mol. The number of hydrogen-bond acceptors (Lipinski definition) is 7. The van der Waals surface area contributed by atoms with Gasteiger partial charge in [-0.2, -0.15) is 19.0 Å². The van der Waals surface area contributed by atoms with Gasteiger partial charge in [0.05, 0.1) is 27.7 Å². The summed E-state index contributed by atoms with van der Waals surface area (Å²) in [7, 11) is 1.55. The van der Waals surface area contributed by atoms with Crippen LogP contribution >= 0.6 is 11.6 Å². The van der Waals surface area contributed by atoms with E-state index in [2.05, 4.69) is 32.7 Å². The van der Waals surface area contributed by atoms with Crippen LogP contribution in [0.4, 0.5) is 32.2 Å². The fourth-order valence-electron chi connectivity index (χ4n) is 7.07. The van der Waals surface area contributed by atoms with Crippen LogP contribution < -0.4 is 10.6 Å². The minimum atomic E-state index is -3.60. The number of halogens is 7. The summed E-state index contributed by atoms with van der Waals surface area (Å²) in [6.45, 7) is 5.81. The van der Waals surface area contributed by atoms with Gasteiger partial charge < -0.3 is 20.8 Å². The number of fused-ring (bicyclic) bond motifs is 2. The van der Waals surface area contributed by atoms with E-state index in [0.717, 1.165) is 12.1 Å². The number of alkyl halides is 4. The van der Waals surface area contributed by atoms with E-state index in [9.17, 15) is 37.4 Å². The molecule has 0 saturated carbocycles. The number of pyridine rings is 1. The Bertz CT molecular complexity index is 2480. The van der Waals surface area contributed by atoms with Crippen LogP contribution in [0.3, 0.4) is 0 Å². The fourth-order valence-corrected chi connectivity index (χ4v) is 7.31. The molecule has 0 fully saturated rings. The third-order valence-electron chi connectivity index (χ3n) is 9.91. The van der Waals surface area contributed by atoms with Gasteiger partial charge in [0, 0.05) is 35.7 Å². The van der Waals surface area contributed by atoms with Gasteiger partial charge in [0.2, 0.25) is 5.91 Å². The van der Waals surface area contributed by atoms with Crippen molar-refractivity contribution in [1.82, 2.24) is 29.9 Å². The van der Waals surface area contributed by atoms with Crippen molar-refractivity contribution in [2.75, 3.05) is 5.32 Å². The van der Waals surface area contributed by atoms with Crippen molar-refractivity contribution in [3.05, 3.63) is 93.0 Å². The Morgan fingerprint density at radius 3 is 2.31 bits per heavy atom. The number of benzene rings is 2. The molecule has 5 aromatic rings. The number of nitrogens with zero attached hydrogens (tertiary/aromatic N) is 5. The molecule has 3 heterocycles. The first-order valence-corrected chi connectivity index (χ1v) is 18.4. The Labute approximate surface area is 333 Å². The first-order valence-electron chi connectivity index (χ1n) is 18.0. The molecule has 0 radical (unpaired) electrons. The number of aromatic nitrogens is 5. The van der Waals surface area contributed by atoms with Gasteiger partial charge in [0.15, 0.2) is 5.82 Å². The number of aryl methyl sites for hydroxylation is 1. The minimum absolute atomic E-state index is 0.00729. The van der Waals surface area contributed by atoms with E-state index in [4.69, 9.17) is 16.6 Å². The van der Waals surface area contributed by atoms with Crippen molar-refractivity contribution < 1.29 is 46.1 Å². The summed E-state index contributed by atoms with van der Waals surface area (Å²) in [5.74, 6) is -4.17. The Balaban J connectivity index is 1.54. The highest BCUT2D eigenvalue weighted by Crippen LogP contribution is 2.54. The third kappa shape index (κ3) is 8.27. The van der Waals surface area contributed by atoms with Crippen molar-refractivity contribution in [3.8, 4) is 23.0 Å². The molecule has 0 bridgehead atoms. The van der Waals surface area contributed by atoms with E-state index in [0.29, 0.717) is 21.8 Å². The fraction of sp³-hybridized carbons (Fsp3) is 0.375. The van der Waals surface area contributed by atoms with E-state index in [1.54, 1.807) is 19.2 Å². The van der Waals surface area contributed by atoms with Crippen LogP contribution in [0.15, 0.2) is 42.5 Å². The minimum Gasteiger partial charge on any atom is -0.384 e. The SMILES string of the molecule is C[C@H](O)C(=O)Nc1nn(C)c2c(-c3ccc(C#CC(C)(C)O)nc3[C@H](Cc3cc(F)cc(F)c3)NC(=O)Cn3nc(C(F)F)c4c3C(F)(F)[C@H](C)[C@@H]4C)ccc(Cl)c12. The van der Waals surface area contributed by atoms with Gasteiger partial charge >= 0.3 is 0 Å². The monoisotopic (exact) mass is 829 g/mol. The van der Waals surface area contributed by atoms with E-state index >= 15 is 8.78 Å². The maximum atomic E-state index is 15.6. The number of carbonyl (C=O) groups excluding carboxylic acids is 2. The lowest BCUT2D eigenvalue weighted by atomic mass is 9.93. The highest BCUT2D eigenvalue weighted by molar-refractivity contribution is 6.37. The summed E-state index contributed by atoms with van der Waals surface area (Å²) in [4.78, 5) is 31.2. The van der Waals surface area contributed by atoms with E-state index in [-0.39, 0.29) is 50.7 Å². The largest absolute Gasteiger partial charge is 0.384 e. The summed E-state index contributed by atoms with van der Waals surface area (Å²) in [5, 5.41) is 34.0. The first-order chi connectivity index (χ1) is 27.1. The molecule has 11 nitrogen and oxygen atoms in total. The number of nitrogens with one attached hydrogen (secondary N) is 2. The molecule has 0 aliphatic heterocycles. The molecule has 0 spiro atoms. The normalized spacial score (nSPS) is 17.2. The number of aliphatic hydroxyl groups is 2. The summed E-state index contributed by atoms with van der Waals surface area (Å²) < 4.78 is 90.6. The topological polar surface area (TPSA) is 147 Å². The zero-order valence-electron chi connectivity index (χ0n) is 31.9. The molecule has 1 aliphatic rings. The molecule has 2 aromatic carbocycles. The van der Waals surface area contributed by atoms with Gasteiger partial charge in [0.25, 0.3) is 18.3 Å². The molecule has 3 aromatic heterocycles. The maximum absolute atomic E-state index is 15.6. The molecule has 2 amide bonds. The number of anilines is 1. The Hall–Kier alpha value is -5.44. The lowest BCUT2D eigenvalue weighted by Gasteiger charge is -2.23. The van der Waals surface area contributed by atoms with Crippen LogP contribution in [0.5, 0.6) is 0 Å². The van der Waals surface area contributed by atoms with Crippen molar-refractivity contribution in [2.45, 2.75) is 83.6 Å². The van der Waals surface area contributed by atoms with Crippen molar-refractivity contribution in [1.29, 1.82) is 0 Å². The zero-order valence-corrected chi connectivity index (χ0v) is 32.7. The molecule has 4 N–H and O–H groups in total. The summed E-state index contributed by atoms with van der Waals surface area (Å²) in [6, 6.07) is 7.56. The predicted octanol–water partition coefficient (Wildman–Crippen LogP) is 7.09. The van der Waals surface area contributed by atoms with Gasteiger partial charge in [-0.25, -0.2) is 22.5 Å². The number of hydrogen-bond donors (Lipinski definition) is 4. The van der Waals surface area contributed by atoms with E-state index in [1.165, 1.54) is 51.4 Å².